The van der Waals surface area contributed by atoms with E-state index in [-0.39, 0.29) is 0 Å². The maximum atomic E-state index is 11.1. The van der Waals surface area contributed by atoms with Gasteiger partial charge in [-0.3, -0.25) is 4.79 Å². The minimum Gasteiger partial charge on any atom is -0.377 e. The Bertz CT molecular complexity index is 625. The Kier molecular flexibility index (Phi) is 3.65. The fourth-order valence-electron chi connectivity index (χ4n) is 2.43. The number of rotatable bonds is 3. The van der Waals surface area contributed by atoms with Crippen molar-refractivity contribution in [2.75, 3.05) is 11.1 Å². The van der Waals surface area contributed by atoms with Gasteiger partial charge in [0.05, 0.1) is 6.04 Å². The quantitative estimate of drug-likeness (QED) is 0.910. The van der Waals surface area contributed by atoms with Crippen LogP contribution in [0.2, 0.25) is 0 Å². The van der Waals surface area contributed by atoms with Gasteiger partial charge in [-0.05, 0) is 35.4 Å². The molecule has 4 heteroatoms. The van der Waals surface area contributed by atoms with E-state index in [2.05, 4.69) is 29.6 Å². The first-order valence-electron chi connectivity index (χ1n) is 6.56. The second-order valence-electron chi connectivity index (χ2n) is 4.85. The monoisotopic (exact) mass is 284 g/mol. The van der Waals surface area contributed by atoms with Gasteiger partial charge in [0.15, 0.2) is 0 Å². The lowest BCUT2D eigenvalue weighted by molar-refractivity contribution is 0.100. The Morgan fingerprint density at radius 2 is 1.90 bits per heavy atom. The molecule has 3 N–H and O–H groups in total. The SMILES string of the molecule is NC(=O)c1ccc(NC2CSCc3ccccc32)cc1. The molecule has 0 saturated carbocycles. The van der Waals surface area contributed by atoms with Crippen molar-refractivity contribution >= 4 is 23.4 Å². The number of anilines is 1. The molecule has 2 aromatic carbocycles. The molecule has 0 bridgehead atoms. The fraction of sp³-hybridized carbons (Fsp3) is 0.188. The van der Waals surface area contributed by atoms with Crippen LogP contribution in [-0.2, 0) is 5.75 Å². The van der Waals surface area contributed by atoms with Crippen molar-refractivity contribution in [1.82, 2.24) is 0 Å². The highest BCUT2D eigenvalue weighted by atomic mass is 32.2. The lowest BCUT2D eigenvalue weighted by Crippen LogP contribution is -2.18. The zero-order chi connectivity index (χ0) is 13.9. The van der Waals surface area contributed by atoms with Gasteiger partial charge >= 0.3 is 0 Å². The van der Waals surface area contributed by atoms with Crippen LogP contribution in [0.1, 0.15) is 27.5 Å². The number of fused-ring (bicyclic) bond motifs is 1. The highest BCUT2D eigenvalue weighted by Crippen LogP contribution is 2.33. The molecule has 0 saturated heterocycles. The number of nitrogens with two attached hydrogens (primary N) is 1. The van der Waals surface area contributed by atoms with Crippen molar-refractivity contribution < 1.29 is 4.79 Å². The van der Waals surface area contributed by atoms with Crippen molar-refractivity contribution in [2.24, 2.45) is 5.73 Å². The van der Waals surface area contributed by atoms with E-state index in [4.69, 9.17) is 5.73 Å². The number of carbonyl (C=O) groups is 1. The van der Waals surface area contributed by atoms with Gasteiger partial charge in [0.2, 0.25) is 5.91 Å². The number of amides is 1. The Labute approximate surface area is 122 Å². The summed E-state index contributed by atoms with van der Waals surface area (Å²) < 4.78 is 0. The number of hydrogen-bond acceptors (Lipinski definition) is 3. The van der Waals surface area contributed by atoms with Crippen molar-refractivity contribution in [2.45, 2.75) is 11.8 Å². The summed E-state index contributed by atoms with van der Waals surface area (Å²) in [5, 5.41) is 3.53. The lowest BCUT2D eigenvalue weighted by Gasteiger charge is -2.27. The first-order chi connectivity index (χ1) is 9.74. The Morgan fingerprint density at radius 3 is 2.65 bits per heavy atom. The summed E-state index contributed by atoms with van der Waals surface area (Å²) in [6.07, 6.45) is 0. The molecule has 2 aromatic rings. The molecule has 0 spiro atoms. The average Bonchev–Trinajstić information content (AvgIpc) is 2.48. The van der Waals surface area contributed by atoms with Crippen LogP contribution in [-0.4, -0.2) is 11.7 Å². The molecule has 3 rings (SSSR count). The van der Waals surface area contributed by atoms with E-state index in [1.807, 2.05) is 23.9 Å². The minimum atomic E-state index is -0.393. The van der Waals surface area contributed by atoms with Crippen molar-refractivity contribution in [3.05, 3.63) is 65.2 Å². The molecule has 1 unspecified atom stereocenters. The van der Waals surface area contributed by atoms with Crippen LogP contribution in [0.3, 0.4) is 0 Å². The van der Waals surface area contributed by atoms with Gasteiger partial charge in [-0.2, -0.15) is 11.8 Å². The van der Waals surface area contributed by atoms with Gasteiger partial charge in [0.1, 0.15) is 0 Å². The molecule has 1 atom stereocenters. The Balaban J connectivity index is 1.80. The van der Waals surface area contributed by atoms with E-state index in [9.17, 15) is 4.79 Å². The third-order valence-electron chi connectivity index (χ3n) is 3.48. The molecule has 1 amide bonds. The van der Waals surface area contributed by atoms with Crippen molar-refractivity contribution in [3.8, 4) is 0 Å². The summed E-state index contributed by atoms with van der Waals surface area (Å²) in [6, 6.07) is 16.2. The van der Waals surface area contributed by atoms with E-state index >= 15 is 0 Å². The Hall–Kier alpha value is -1.94. The standard InChI is InChI=1S/C16H16N2OS/c17-16(19)11-5-7-13(8-6-11)18-15-10-20-9-12-3-1-2-4-14(12)15/h1-8,15,18H,9-10H2,(H2,17,19). The van der Waals surface area contributed by atoms with Gasteiger partial charge in [0, 0.05) is 22.8 Å². The summed E-state index contributed by atoms with van der Waals surface area (Å²) in [7, 11) is 0. The summed E-state index contributed by atoms with van der Waals surface area (Å²) in [5.74, 6) is 1.74. The van der Waals surface area contributed by atoms with E-state index in [1.165, 1.54) is 11.1 Å². The predicted octanol–water partition coefficient (Wildman–Crippen LogP) is 3.19. The minimum absolute atomic E-state index is 0.310. The first-order valence-corrected chi connectivity index (χ1v) is 7.71. The average molecular weight is 284 g/mol. The summed E-state index contributed by atoms with van der Waals surface area (Å²) >= 11 is 1.94. The third kappa shape index (κ3) is 2.65. The van der Waals surface area contributed by atoms with Crippen molar-refractivity contribution in [3.63, 3.8) is 0 Å². The number of nitrogens with one attached hydrogen (secondary N) is 1. The van der Waals surface area contributed by atoms with Crippen LogP contribution < -0.4 is 11.1 Å². The van der Waals surface area contributed by atoms with Crippen LogP contribution in [0.25, 0.3) is 0 Å². The molecule has 3 nitrogen and oxygen atoms in total. The maximum absolute atomic E-state index is 11.1. The molecular formula is C16H16N2OS. The zero-order valence-electron chi connectivity index (χ0n) is 11.0. The predicted molar refractivity (Wildman–Crippen MR) is 83.9 cm³/mol. The topological polar surface area (TPSA) is 55.1 Å². The number of hydrogen-bond donors (Lipinski definition) is 2. The van der Waals surface area contributed by atoms with Gasteiger partial charge in [-0.1, -0.05) is 24.3 Å². The second kappa shape index (κ2) is 5.59. The molecule has 0 aliphatic carbocycles. The molecule has 0 radical (unpaired) electrons. The summed E-state index contributed by atoms with van der Waals surface area (Å²) in [4.78, 5) is 11.1. The molecule has 1 aliphatic rings. The van der Waals surface area contributed by atoms with E-state index in [1.54, 1.807) is 12.1 Å². The largest absolute Gasteiger partial charge is 0.377 e. The van der Waals surface area contributed by atoms with Crippen LogP contribution >= 0.6 is 11.8 Å². The van der Waals surface area contributed by atoms with Gasteiger partial charge in [0.25, 0.3) is 0 Å². The summed E-state index contributed by atoms with van der Waals surface area (Å²) in [6.45, 7) is 0. The molecule has 20 heavy (non-hydrogen) atoms. The highest BCUT2D eigenvalue weighted by molar-refractivity contribution is 7.98. The highest BCUT2D eigenvalue weighted by Gasteiger charge is 2.19. The lowest BCUT2D eigenvalue weighted by atomic mass is 10.0. The number of primary amides is 1. The van der Waals surface area contributed by atoms with Crippen LogP contribution in [0.4, 0.5) is 5.69 Å². The van der Waals surface area contributed by atoms with Crippen LogP contribution in [0.15, 0.2) is 48.5 Å². The smallest absolute Gasteiger partial charge is 0.248 e. The third-order valence-corrected chi connectivity index (χ3v) is 4.57. The van der Waals surface area contributed by atoms with Crippen molar-refractivity contribution in [1.29, 1.82) is 0 Å². The number of benzene rings is 2. The first kappa shape index (κ1) is 13.1. The van der Waals surface area contributed by atoms with E-state index in [0.717, 1.165) is 17.2 Å². The molecule has 0 fully saturated rings. The van der Waals surface area contributed by atoms with Gasteiger partial charge in [-0.25, -0.2) is 0 Å². The van der Waals surface area contributed by atoms with E-state index in [0.29, 0.717) is 11.6 Å². The number of carbonyl (C=O) groups excluding carboxylic acids is 1. The summed E-state index contributed by atoms with van der Waals surface area (Å²) in [5.41, 5.74) is 9.56. The molecule has 102 valence electrons. The van der Waals surface area contributed by atoms with E-state index < -0.39 is 5.91 Å². The van der Waals surface area contributed by atoms with Gasteiger partial charge in [-0.15, -0.1) is 0 Å². The molecule has 1 heterocycles. The molecule has 1 aliphatic heterocycles. The van der Waals surface area contributed by atoms with Crippen LogP contribution in [0.5, 0.6) is 0 Å². The normalized spacial score (nSPS) is 17.3. The fourth-order valence-corrected chi connectivity index (χ4v) is 3.53. The Morgan fingerprint density at radius 1 is 1.15 bits per heavy atom. The molecular weight excluding hydrogens is 268 g/mol. The number of thioether (sulfide) groups is 1. The van der Waals surface area contributed by atoms with Crippen LogP contribution in [0, 0.1) is 0 Å². The zero-order valence-corrected chi connectivity index (χ0v) is 11.8. The maximum Gasteiger partial charge on any atom is 0.248 e. The molecule has 0 aromatic heterocycles. The van der Waals surface area contributed by atoms with Gasteiger partial charge < -0.3 is 11.1 Å². The second-order valence-corrected chi connectivity index (χ2v) is 5.88.